The smallest absolute Gasteiger partial charge is 0.337 e. The average molecular weight is 264 g/mol. The summed E-state index contributed by atoms with van der Waals surface area (Å²) >= 11 is 0. The number of nitrogens with zero attached hydrogens (tertiary/aromatic N) is 1. The van der Waals surface area contributed by atoms with Gasteiger partial charge in [-0.25, -0.2) is 9.18 Å². The first-order chi connectivity index (χ1) is 9.03. The Hall–Kier alpha value is -2.17. The second-order valence-corrected chi connectivity index (χ2v) is 3.90. The van der Waals surface area contributed by atoms with E-state index in [2.05, 4.69) is 9.73 Å². The van der Waals surface area contributed by atoms with Crippen LogP contribution < -0.4 is 5.73 Å². The number of carbonyl (C=O) groups is 1. The molecule has 102 valence electrons. The first kappa shape index (κ1) is 14.9. The fourth-order valence-corrected chi connectivity index (χ4v) is 1.67. The van der Waals surface area contributed by atoms with E-state index in [0.29, 0.717) is 17.7 Å². The summed E-state index contributed by atoms with van der Waals surface area (Å²) in [6.45, 7) is 1.92. The number of hydrogen-bond acceptors (Lipinski definition) is 4. The van der Waals surface area contributed by atoms with Gasteiger partial charge in [0.1, 0.15) is 5.82 Å². The number of aliphatic imine (C=N–C) groups is 1. The van der Waals surface area contributed by atoms with E-state index < -0.39 is 11.8 Å². The average Bonchev–Trinajstić information content (AvgIpc) is 2.42. The van der Waals surface area contributed by atoms with E-state index in [-0.39, 0.29) is 5.56 Å². The molecule has 1 aromatic carbocycles. The number of carbonyl (C=O) groups excluding carboxylic acids is 1. The van der Waals surface area contributed by atoms with Crippen LogP contribution in [0.2, 0.25) is 0 Å². The Morgan fingerprint density at radius 3 is 2.58 bits per heavy atom. The number of methoxy groups -OCH3 is 1. The number of halogens is 1. The Morgan fingerprint density at radius 2 is 2.05 bits per heavy atom. The summed E-state index contributed by atoms with van der Waals surface area (Å²) in [6, 6.07) is 3.90. The van der Waals surface area contributed by atoms with Gasteiger partial charge >= 0.3 is 5.97 Å². The molecule has 0 heterocycles. The van der Waals surface area contributed by atoms with Crippen LogP contribution in [0.1, 0.15) is 29.3 Å². The van der Waals surface area contributed by atoms with Gasteiger partial charge < -0.3 is 10.5 Å². The molecule has 0 aliphatic carbocycles. The standard InChI is InChI=1S/C14H17FN2O2/c1-4-9(8-17-2)13(16)10-5-11(14(18)19-3)7-12(15)6-10/h5-8H,4,16H2,1-3H3. The monoisotopic (exact) mass is 264 g/mol. The van der Waals surface area contributed by atoms with E-state index in [1.54, 1.807) is 13.3 Å². The van der Waals surface area contributed by atoms with Crippen molar-refractivity contribution in [3.05, 3.63) is 40.7 Å². The minimum absolute atomic E-state index is 0.129. The number of allylic oxidation sites excluding steroid dienone is 1. The molecule has 0 saturated heterocycles. The van der Waals surface area contributed by atoms with E-state index in [4.69, 9.17) is 5.73 Å². The molecule has 5 heteroatoms. The fraction of sp³-hybridized carbons (Fsp3) is 0.286. The van der Waals surface area contributed by atoms with Gasteiger partial charge in [-0.05, 0) is 30.2 Å². The van der Waals surface area contributed by atoms with Crippen molar-refractivity contribution in [1.82, 2.24) is 0 Å². The third-order valence-electron chi connectivity index (χ3n) is 2.64. The molecule has 1 aromatic rings. The molecule has 0 spiro atoms. The van der Waals surface area contributed by atoms with Crippen LogP contribution in [-0.4, -0.2) is 26.3 Å². The summed E-state index contributed by atoms with van der Waals surface area (Å²) < 4.78 is 18.1. The number of hydrogen-bond donors (Lipinski definition) is 1. The van der Waals surface area contributed by atoms with Gasteiger partial charge in [-0.15, -0.1) is 0 Å². The van der Waals surface area contributed by atoms with Crippen LogP contribution in [0.5, 0.6) is 0 Å². The van der Waals surface area contributed by atoms with Crippen LogP contribution in [0.3, 0.4) is 0 Å². The molecule has 2 N–H and O–H groups in total. The van der Waals surface area contributed by atoms with E-state index in [9.17, 15) is 9.18 Å². The van der Waals surface area contributed by atoms with Gasteiger partial charge in [0.2, 0.25) is 0 Å². The topological polar surface area (TPSA) is 64.7 Å². The second kappa shape index (κ2) is 6.68. The highest BCUT2D eigenvalue weighted by Gasteiger charge is 2.11. The zero-order chi connectivity index (χ0) is 14.4. The summed E-state index contributed by atoms with van der Waals surface area (Å²) in [5.41, 5.74) is 7.74. The van der Waals surface area contributed by atoms with Gasteiger partial charge in [0.25, 0.3) is 0 Å². The maximum Gasteiger partial charge on any atom is 0.337 e. The molecule has 0 fully saturated rings. The number of nitrogens with two attached hydrogens (primary N) is 1. The summed E-state index contributed by atoms with van der Waals surface area (Å²) in [5, 5.41) is 0. The van der Waals surface area contributed by atoms with E-state index in [1.165, 1.54) is 19.2 Å². The fourth-order valence-electron chi connectivity index (χ4n) is 1.67. The van der Waals surface area contributed by atoms with Gasteiger partial charge in [-0.2, -0.15) is 0 Å². The maximum atomic E-state index is 13.5. The molecular formula is C14H17FN2O2. The minimum atomic E-state index is -0.601. The lowest BCUT2D eigenvalue weighted by Crippen LogP contribution is -2.07. The molecule has 0 aromatic heterocycles. The van der Waals surface area contributed by atoms with Gasteiger partial charge in [0, 0.05) is 24.5 Å². The predicted molar refractivity (Wildman–Crippen MR) is 73.6 cm³/mol. The van der Waals surface area contributed by atoms with Crippen LogP contribution in [0.25, 0.3) is 5.70 Å². The molecule has 19 heavy (non-hydrogen) atoms. The first-order valence-corrected chi connectivity index (χ1v) is 5.83. The summed E-state index contributed by atoms with van der Waals surface area (Å²) in [4.78, 5) is 15.3. The molecule has 0 radical (unpaired) electrons. The molecule has 4 nitrogen and oxygen atoms in total. The normalized spacial score (nSPS) is 12.4. The molecule has 0 saturated carbocycles. The van der Waals surface area contributed by atoms with Crippen molar-refractivity contribution in [3.8, 4) is 0 Å². The highest BCUT2D eigenvalue weighted by Crippen LogP contribution is 2.19. The quantitative estimate of drug-likeness (QED) is 0.670. The second-order valence-electron chi connectivity index (χ2n) is 3.90. The van der Waals surface area contributed by atoms with E-state index in [1.807, 2.05) is 6.92 Å². The SMILES string of the molecule is CCC(C=NC)=C(N)c1cc(F)cc(C(=O)OC)c1. The van der Waals surface area contributed by atoms with Crippen molar-refractivity contribution in [3.63, 3.8) is 0 Å². The third-order valence-corrected chi connectivity index (χ3v) is 2.64. The van der Waals surface area contributed by atoms with Crippen molar-refractivity contribution in [2.75, 3.05) is 14.2 Å². The molecule has 0 unspecified atom stereocenters. The molecule has 0 amide bonds. The highest BCUT2D eigenvalue weighted by atomic mass is 19.1. The van der Waals surface area contributed by atoms with Crippen LogP contribution in [0.15, 0.2) is 28.8 Å². The predicted octanol–water partition coefficient (Wildman–Crippen LogP) is 2.39. The van der Waals surface area contributed by atoms with Gasteiger partial charge in [0.15, 0.2) is 0 Å². The lowest BCUT2D eigenvalue weighted by atomic mass is 10.0. The Labute approximate surface area is 111 Å². The molecule has 0 aliphatic heterocycles. The maximum absolute atomic E-state index is 13.5. The molecule has 0 atom stereocenters. The van der Waals surface area contributed by atoms with Crippen molar-refractivity contribution >= 4 is 17.9 Å². The van der Waals surface area contributed by atoms with Crippen molar-refractivity contribution in [2.45, 2.75) is 13.3 Å². The molecule has 1 rings (SSSR count). The molecule has 0 bridgehead atoms. The van der Waals surface area contributed by atoms with Crippen LogP contribution in [0, 0.1) is 5.82 Å². The summed E-state index contributed by atoms with van der Waals surface area (Å²) in [5.74, 6) is -1.14. The van der Waals surface area contributed by atoms with Crippen molar-refractivity contribution in [2.24, 2.45) is 10.7 Å². The Balaban J connectivity index is 3.34. The van der Waals surface area contributed by atoms with E-state index >= 15 is 0 Å². The minimum Gasteiger partial charge on any atom is -0.465 e. The largest absolute Gasteiger partial charge is 0.465 e. The van der Waals surface area contributed by atoms with E-state index in [0.717, 1.165) is 11.6 Å². The number of rotatable bonds is 4. The van der Waals surface area contributed by atoms with Gasteiger partial charge in [-0.1, -0.05) is 6.92 Å². The number of ether oxygens (including phenoxy) is 1. The zero-order valence-corrected chi connectivity index (χ0v) is 11.2. The number of benzene rings is 1. The number of esters is 1. The molecular weight excluding hydrogens is 247 g/mol. The van der Waals surface area contributed by atoms with Crippen LogP contribution in [-0.2, 0) is 4.74 Å². The van der Waals surface area contributed by atoms with Crippen LogP contribution >= 0.6 is 0 Å². The van der Waals surface area contributed by atoms with Gasteiger partial charge in [0.05, 0.1) is 12.7 Å². The Bertz CT molecular complexity index is 536. The lowest BCUT2D eigenvalue weighted by molar-refractivity contribution is 0.0600. The highest BCUT2D eigenvalue weighted by molar-refractivity contribution is 5.93. The zero-order valence-electron chi connectivity index (χ0n) is 11.2. The van der Waals surface area contributed by atoms with Crippen LogP contribution in [0.4, 0.5) is 4.39 Å². The Morgan fingerprint density at radius 1 is 1.42 bits per heavy atom. The third kappa shape index (κ3) is 3.64. The Kier molecular flexibility index (Phi) is 5.23. The van der Waals surface area contributed by atoms with Crippen molar-refractivity contribution < 1.29 is 13.9 Å². The summed E-state index contributed by atoms with van der Waals surface area (Å²) in [6.07, 6.45) is 2.28. The summed E-state index contributed by atoms with van der Waals surface area (Å²) in [7, 11) is 2.88. The van der Waals surface area contributed by atoms with Crippen molar-refractivity contribution in [1.29, 1.82) is 0 Å². The lowest BCUT2D eigenvalue weighted by Gasteiger charge is -2.08. The first-order valence-electron chi connectivity index (χ1n) is 5.83. The molecule has 0 aliphatic rings. The van der Waals surface area contributed by atoms with Gasteiger partial charge in [-0.3, -0.25) is 4.99 Å².